The lowest BCUT2D eigenvalue weighted by Gasteiger charge is -2.26. The number of esters is 1. The summed E-state index contributed by atoms with van der Waals surface area (Å²) < 4.78 is 11.3. The van der Waals surface area contributed by atoms with Crippen LogP contribution in [-0.2, 0) is 27.2 Å². The summed E-state index contributed by atoms with van der Waals surface area (Å²) in [5.74, 6) is 0.860. The molecule has 0 saturated carbocycles. The maximum Gasteiger partial charge on any atom is 0.310 e. The molecular weight excluding hydrogens is 292 g/mol. The van der Waals surface area contributed by atoms with Crippen molar-refractivity contribution in [1.29, 1.82) is 0 Å². The fourth-order valence-corrected chi connectivity index (χ4v) is 2.72. The summed E-state index contributed by atoms with van der Waals surface area (Å²) in [5, 5.41) is 0. The van der Waals surface area contributed by atoms with Gasteiger partial charge in [0.05, 0.1) is 12.5 Å². The Hall–Kier alpha value is -1.84. The van der Waals surface area contributed by atoms with Crippen molar-refractivity contribution in [2.75, 3.05) is 0 Å². The van der Waals surface area contributed by atoms with Gasteiger partial charge in [0.25, 0.3) is 0 Å². The molecule has 0 amide bonds. The lowest BCUT2D eigenvalue weighted by atomic mass is 9.96. The fourth-order valence-electron chi connectivity index (χ4n) is 2.72. The number of fused-ring (bicyclic) bond motifs is 1. The second-order valence-electron chi connectivity index (χ2n) is 7.22. The molecule has 0 unspecified atom stereocenters. The topological polar surface area (TPSA) is 52.6 Å². The Balaban J connectivity index is 1.96. The van der Waals surface area contributed by atoms with Crippen molar-refractivity contribution < 1.29 is 19.1 Å². The number of ether oxygens (including phenoxy) is 2. The average Bonchev–Trinajstić information content (AvgIpc) is 2.42. The molecule has 0 saturated heterocycles. The van der Waals surface area contributed by atoms with Crippen LogP contribution in [0, 0.1) is 0 Å². The average molecular weight is 318 g/mol. The zero-order valence-electron chi connectivity index (χ0n) is 14.5. The summed E-state index contributed by atoms with van der Waals surface area (Å²) in [7, 11) is 0. The van der Waals surface area contributed by atoms with Gasteiger partial charge in [-0.2, -0.15) is 0 Å². The number of Topliss-reactive ketones (excluding diaryl/α,β-unsaturated/α-hetero) is 1. The molecule has 1 aromatic carbocycles. The van der Waals surface area contributed by atoms with Crippen molar-refractivity contribution in [2.45, 2.75) is 71.5 Å². The highest BCUT2D eigenvalue weighted by atomic mass is 16.6. The second kappa shape index (κ2) is 7.16. The minimum absolute atomic E-state index is 0.114. The minimum Gasteiger partial charge on any atom is -0.490 e. The molecule has 0 aliphatic carbocycles. The zero-order chi connectivity index (χ0) is 17.0. The molecule has 1 atom stereocenters. The van der Waals surface area contributed by atoms with Crippen molar-refractivity contribution in [3.8, 4) is 5.75 Å². The van der Waals surface area contributed by atoms with E-state index < -0.39 is 5.60 Å². The Morgan fingerprint density at radius 1 is 1.30 bits per heavy atom. The zero-order valence-corrected chi connectivity index (χ0v) is 14.5. The van der Waals surface area contributed by atoms with E-state index in [1.54, 1.807) is 6.92 Å². The first-order chi connectivity index (χ1) is 10.7. The smallest absolute Gasteiger partial charge is 0.310 e. The lowest BCUT2D eigenvalue weighted by molar-refractivity contribution is -0.153. The van der Waals surface area contributed by atoms with Crippen molar-refractivity contribution in [1.82, 2.24) is 0 Å². The Kier molecular flexibility index (Phi) is 5.45. The first kappa shape index (κ1) is 17.5. The maximum atomic E-state index is 11.9. The Morgan fingerprint density at radius 3 is 2.70 bits per heavy atom. The summed E-state index contributed by atoms with van der Waals surface area (Å²) >= 11 is 0. The summed E-state index contributed by atoms with van der Waals surface area (Å²) in [6.45, 7) is 7.21. The molecule has 0 bridgehead atoms. The summed E-state index contributed by atoms with van der Waals surface area (Å²) in [4.78, 5) is 23.0. The van der Waals surface area contributed by atoms with E-state index in [1.807, 2.05) is 39.0 Å². The molecule has 4 heteroatoms. The first-order valence-electron chi connectivity index (χ1n) is 8.23. The third kappa shape index (κ3) is 5.70. The lowest BCUT2D eigenvalue weighted by Crippen LogP contribution is -2.25. The van der Waals surface area contributed by atoms with Gasteiger partial charge in [0.15, 0.2) is 0 Å². The minimum atomic E-state index is -0.460. The molecule has 0 radical (unpaired) electrons. The highest BCUT2D eigenvalue weighted by Gasteiger charge is 2.21. The summed E-state index contributed by atoms with van der Waals surface area (Å²) in [5.41, 5.74) is 1.62. The predicted octanol–water partition coefficient (Wildman–Crippen LogP) is 3.63. The van der Waals surface area contributed by atoms with Gasteiger partial charge < -0.3 is 14.3 Å². The van der Waals surface area contributed by atoms with Crippen LogP contribution in [0.1, 0.15) is 58.1 Å². The van der Waals surface area contributed by atoms with Crippen molar-refractivity contribution in [3.05, 3.63) is 29.3 Å². The number of hydrogen-bond acceptors (Lipinski definition) is 4. The molecule has 126 valence electrons. The van der Waals surface area contributed by atoms with Gasteiger partial charge in [-0.3, -0.25) is 4.79 Å². The van der Waals surface area contributed by atoms with Crippen molar-refractivity contribution in [3.63, 3.8) is 0 Å². The van der Waals surface area contributed by atoms with Crippen LogP contribution in [0.2, 0.25) is 0 Å². The number of rotatable bonds is 5. The quantitative estimate of drug-likeness (QED) is 0.778. The van der Waals surface area contributed by atoms with Gasteiger partial charge in [0.2, 0.25) is 0 Å². The number of carbonyl (C=O) groups excluding carboxylic acids is 2. The molecule has 4 nitrogen and oxygen atoms in total. The molecule has 1 aromatic rings. The molecule has 0 spiro atoms. The van der Waals surface area contributed by atoms with Crippen LogP contribution in [0.3, 0.4) is 0 Å². The van der Waals surface area contributed by atoms with Crippen LogP contribution in [0.4, 0.5) is 0 Å². The molecule has 1 aliphatic heterocycles. The van der Waals surface area contributed by atoms with Crippen LogP contribution in [0.25, 0.3) is 0 Å². The fraction of sp³-hybridized carbons (Fsp3) is 0.579. The molecular formula is C19H26O4. The van der Waals surface area contributed by atoms with Gasteiger partial charge in [0.1, 0.15) is 17.1 Å². The SMILES string of the molecule is CC(=O)CC[C@H]1CCc2cc(CC(=O)OC(C)(C)C)ccc2O1. The highest BCUT2D eigenvalue weighted by molar-refractivity contribution is 5.75. The molecule has 0 aromatic heterocycles. The van der Waals surface area contributed by atoms with Gasteiger partial charge in [-0.1, -0.05) is 12.1 Å². The number of hydrogen-bond donors (Lipinski definition) is 0. The predicted molar refractivity (Wildman–Crippen MR) is 88.6 cm³/mol. The molecule has 0 N–H and O–H groups in total. The Morgan fingerprint density at radius 2 is 2.04 bits per heavy atom. The molecule has 2 rings (SSSR count). The number of aryl methyl sites for hydroxylation is 1. The van der Waals surface area contributed by atoms with E-state index >= 15 is 0 Å². The van der Waals surface area contributed by atoms with Gasteiger partial charge in [-0.25, -0.2) is 0 Å². The highest BCUT2D eigenvalue weighted by Crippen LogP contribution is 2.30. The third-order valence-electron chi connectivity index (χ3n) is 3.74. The molecule has 23 heavy (non-hydrogen) atoms. The Labute approximate surface area is 138 Å². The van der Waals surface area contributed by atoms with E-state index in [0.29, 0.717) is 6.42 Å². The van der Waals surface area contributed by atoms with E-state index in [1.165, 1.54) is 0 Å². The van der Waals surface area contributed by atoms with Crippen LogP contribution < -0.4 is 4.74 Å². The number of benzene rings is 1. The summed E-state index contributed by atoms with van der Waals surface area (Å²) in [6, 6.07) is 5.87. The van der Waals surface area contributed by atoms with E-state index in [0.717, 1.165) is 36.1 Å². The standard InChI is InChI=1S/C19H26O4/c1-13(20)5-8-16-9-7-15-11-14(6-10-17(15)22-16)12-18(21)23-19(2,3)4/h6,10-11,16H,5,7-9,12H2,1-4H3/t16-/m0/s1. The molecule has 1 heterocycles. The van der Waals surface area contributed by atoms with Crippen LogP contribution in [-0.4, -0.2) is 23.5 Å². The monoisotopic (exact) mass is 318 g/mol. The summed E-state index contributed by atoms with van der Waals surface area (Å²) in [6.07, 6.45) is 3.56. The van der Waals surface area contributed by atoms with E-state index in [9.17, 15) is 9.59 Å². The van der Waals surface area contributed by atoms with Crippen LogP contribution in [0.15, 0.2) is 18.2 Å². The third-order valence-corrected chi connectivity index (χ3v) is 3.74. The first-order valence-corrected chi connectivity index (χ1v) is 8.23. The van der Waals surface area contributed by atoms with Gasteiger partial charge in [-0.05, 0) is 64.2 Å². The van der Waals surface area contributed by atoms with E-state index in [-0.39, 0.29) is 24.3 Å². The van der Waals surface area contributed by atoms with Gasteiger partial charge in [0, 0.05) is 6.42 Å². The van der Waals surface area contributed by atoms with E-state index in [4.69, 9.17) is 9.47 Å². The van der Waals surface area contributed by atoms with Crippen molar-refractivity contribution >= 4 is 11.8 Å². The van der Waals surface area contributed by atoms with Gasteiger partial charge in [-0.15, -0.1) is 0 Å². The Bertz CT molecular complexity index is 584. The normalized spacial score (nSPS) is 17.1. The molecule has 0 fully saturated rings. The number of ketones is 1. The van der Waals surface area contributed by atoms with Gasteiger partial charge >= 0.3 is 5.97 Å². The number of carbonyl (C=O) groups is 2. The van der Waals surface area contributed by atoms with Crippen molar-refractivity contribution in [2.24, 2.45) is 0 Å². The second-order valence-corrected chi connectivity index (χ2v) is 7.22. The largest absolute Gasteiger partial charge is 0.490 e. The molecule has 1 aliphatic rings. The van der Waals surface area contributed by atoms with Crippen LogP contribution >= 0.6 is 0 Å². The van der Waals surface area contributed by atoms with Crippen LogP contribution in [0.5, 0.6) is 5.75 Å². The van der Waals surface area contributed by atoms with E-state index in [2.05, 4.69) is 0 Å². The maximum absolute atomic E-state index is 11.9.